The zero-order valence-electron chi connectivity index (χ0n) is 21.0. The molecule has 7 nitrogen and oxygen atoms in total. The Morgan fingerprint density at radius 2 is 1.61 bits per heavy atom. The van der Waals surface area contributed by atoms with Gasteiger partial charge in [0.1, 0.15) is 0 Å². The first-order chi connectivity index (χ1) is 17.2. The Hall–Kier alpha value is -3.20. The molecule has 3 aromatic rings. The molecule has 190 valence electrons. The van der Waals surface area contributed by atoms with Gasteiger partial charge in [0.25, 0.3) is 15.9 Å². The number of carbonyl (C=O) groups is 1. The Morgan fingerprint density at radius 3 is 2.33 bits per heavy atom. The molecule has 0 radical (unpaired) electrons. The van der Waals surface area contributed by atoms with Crippen molar-refractivity contribution in [2.75, 3.05) is 31.0 Å². The van der Waals surface area contributed by atoms with E-state index in [1.165, 1.54) is 11.6 Å². The number of morpholine rings is 1. The maximum atomic E-state index is 13.2. The first kappa shape index (κ1) is 25.9. The fourth-order valence-electron chi connectivity index (χ4n) is 4.16. The molecule has 1 amide bonds. The highest BCUT2D eigenvalue weighted by Crippen LogP contribution is 2.24. The van der Waals surface area contributed by atoms with Gasteiger partial charge >= 0.3 is 0 Å². The van der Waals surface area contributed by atoms with Gasteiger partial charge in [-0.1, -0.05) is 42.5 Å². The molecule has 1 fully saturated rings. The van der Waals surface area contributed by atoms with Crippen LogP contribution in [-0.4, -0.2) is 45.5 Å². The number of aryl methyl sites for hydroxylation is 2. The highest BCUT2D eigenvalue weighted by molar-refractivity contribution is 7.92. The Kier molecular flexibility index (Phi) is 8.08. The van der Waals surface area contributed by atoms with Crippen LogP contribution in [0.1, 0.15) is 38.2 Å². The number of nitrogens with one attached hydrogen (secondary N) is 2. The minimum absolute atomic E-state index is 0.0866. The molecular formula is C28H33N3O4S. The van der Waals surface area contributed by atoms with Gasteiger partial charge in [-0.3, -0.25) is 14.4 Å². The summed E-state index contributed by atoms with van der Waals surface area (Å²) < 4.78 is 34.4. The standard InChI is InChI=1S/C28H33N3O4S/c1-20-5-4-6-26(22(20)3)30-36(33,34)27-17-25(12-7-21(27)2)28(32)29-18-23-8-10-24(11-9-23)19-31-13-15-35-16-14-31/h4-12,17,30H,13-16,18-19H2,1-3H3,(H,29,32). The van der Waals surface area contributed by atoms with Gasteiger partial charge < -0.3 is 10.1 Å². The molecule has 1 aliphatic heterocycles. The Bertz CT molecular complexity index is 1330. The number of anilines is 1. The zero-order valence-corrected chi connectivity index (χ0v) is 21.8. The van der Waals surface area contributed by atoms with Gasteiger partial charge in [-0.15, -0.1) is 0 Å². The minimum atomic E-state index is -3.87. The van der Waals surface area contributed by atoms with Crippen molar-refractivity contribution in [2.24, 2.45) is 0 Å². The van der Waals surface area contributed by atoms with E-state index < -0.39 is 10.0 Å². The smallest absolute Gasteiger partial charge is 0.262 e. The second-order valence-corrected chi connectivity index (χ2v) is 10.9. The van der Waals surface area contributed by atoms with Crippen LogP contribution in [-0.2, 0) is 27.8 Å². The Morgan fingerprint density at radius 1 is 0.917 bits per heavy atom. The van der Waals surface area contributed by atoms with Crippen molar-refractivity contribution < 1.29 is 17.9 Å². The average molecular weight is 508 g/mol. The lowest BCUT2D eigenvalue weighted by molar-refractivity contribution is 0.0342. The normalized spacial score (nSPS) is 14.4. The average Bonchev–Trinajstić information content (AvgIpc) is 2.87. The summed E-state index contributed by atoms with van der Waals surface area (Å²) >= 11 is 0. The summed E-state index contributed by atoms with van der Waals surface area (Å²) in [6.07, 6.45) is 0. The van der Waals surface area contributed by atoms with Gasteiger partial charge in [0.15, 0.2) is 0 Å². The Balaban J connectivity index is 1.41. The topological polar surface area (TPSA) is 87.7 Å². The number of amides is 1. The SMILES string of the molecule is Cc1ccc(C(=O)NCc2ccc(CN3CCOCC3)cc2)cc1S(=O)(=O)Nc1cccc(C)c1C. The van der Waals surface area contributed by atoms with Crippen molar-refractivity contribution in [3.8, 4) is 0 Å². The van der Waals surface area contributed by atoms with Gasteiger partial charge in [0.05, 0.1) is 23.8 Å². The molecule has 2 N–H and O–H groups in total. The second kappa shape index (κ2) is 11.2. The van der Waals surface area contributed by atoms with Crippen LogP contribution in [0, 0.1) is 20.8 Å². The maximum absolute atomic E-state index is 13.2. The van der Waals surface area contributed by atoms with E-state index in [0.29, 0.717) is 23.4 Å². The first-order valence-electron chi connectivity index (χ1n) is 12.1. The summed E-state index contributed by atoms with van der Waals surface area (Å²) in [5, 5.41) is 2.90. The molecule has 0 aliphatic carbocycles. The van der Waals surface area contributed by atoms with Crippen LogP contribution in [0.3, 0.4) is 0 Å². The predicted molar refractivity (Wildman–Crippen MR) is 142 cm³/mol. The van der Waals surface area contributed by atoms with Crippen LogP contribution in [0.25, 0.3) is 0 Å². The number of hydrogen-bond donors (Lipinski definition) is 2. The number of ether oxygens (including phenoxy) is 1. The summed E-state index contributed by atoms with van der Waals surface area (Å²) in [6.45, 7) is 10.2. The number of benzene rings is 3. The molecule has 0 bridgehead atoms. The van der Waals surface area contributed by atoms with Gasteiger partial charge in [-0.05, 0) is 66.8 Å². The first-order valence-corrected chi connectivity index (χ1v) is 13.6. The molecule has 4 rings (SSSR count). The predicted octanol–water partition coefficient (Wildman–Crippen LogP) is 4.17. The summed E-state index contributed by atoms with van der Waals surface area (Å²) in [6, 6.07) is 18.4. The molecule has 0 atom stereocenters. The molecule has 1 heterocycles. The van der Waals surface area contributed by atoms with Crippen LogP contribution < -0.4 is 10.0 Å². The number of hydrogen-bond acceptors (Lipinski definition) is 5. The molecule has 36 heavy (non-hydrogen) atoms. The van der Waals surface area contributed by atoms with E-state index in [1.54, 1.807) is 25.1 Å². The van der Waals surface area contributed by atoms with E-state index in [2.05, 4.69) is 27.1 Å². The molecule has 0 aromatic heterocycles. The van der Waals surface area contributed by atoms with Crippen molar-refractivity contribution in [3.63, 3.8) is 0 Å². The molecule has 1 aliphatic rings. The molecule has 0 saturated carbocycles. The monoisotopic (exact) mass is 507 g/mol. The van der Waals surface area contributed by atoms with Crippen LogP contribution in [0.5, 0.6) is 0 Å². The number of carbonyl (C=O) groups excluding carboxylic acids is 1. The number of sulfonamides is 1. The van der Waals surface area contributed by atoms with E-state index in [1.807, 2.05) is 38.1 Å². The third-order valence-corrected chi connectivity index (χ3v) is 8.08. The van der Waals surface area contributed by atoms with E-state index in [0.717, 1.165) is 49.5 Å². The van der Waals surface area contributed by atoms with E-state index in [9.17, 15) is 13.2 Å². The highest BCUT2D eigenvalue weighted by Gasteiger charge is 2.20. The van der Waals surface area contributed by atoms with Crippen LogP contribution in [0.15, 0.2) is 65.6 Å². The fourth-order valence-corrected chi connectivity index (χ4v) is 5.55. The van der Waals surface area contributed by atoms with Crippen LogP contribution in [0.2, 0.25) is 0 Å². The van der Waals surface area contributed by atoms with Gasteiger partial charge in [0.2, 0.25) is 0 Å². The van der Waals surface area contributed by atoms with Gasteiger partial charge in [-0.25, -0.2) is 8.42 Å². The molecule has 3 aromatic carbocycles. The van der Waals surface area contributed by atoms with Crippen molar-refractivity contribution in [1.29, 1.82) is 0 Å². The largest absolute Gasteiger partial charge is 0.379 e. The lowest BCUT2D eigenvalue weighted by Crippen LogP contribution is -2.35. The summed E-state index contributed by atoms with van der Waals surface area (Å²) in [5.74, 6) is -0.324. The quantitative estimate of drug-likeness (QED) is 0.478. The van der Waals surface area contributed by atoms with E-state index in [4.69, 9.17) is 4.74 Å². The van der Waals surface area contributed by atoms with Crippen molar-refractivity contribution in [2.45, 2.75) is 38.8 Å². The van der Waals surface area contributed by atoms with Crippen molar-refractivity contribution in [1.82, 2.24) is 10.2 Å². The maximum Gasteiger partial charge on any atom is 0.262 e. The summed E-state index contributed by atoms with van der Waals surface area (Å²) in [7, 11) is -3.87. The fraction of sp³-hybridized carbons (Fsp3) is 0.321. The van der Waals surface area contributed by atoms with Crippen LogP contribution in [0.4, 0.5) is 5.69 Å². The molecule has 0 spiro atoms. The molecular weight excluding hydrogens is 474 g/mol. The zero-order chi connectivity index (χ0) is 25.7. The van der Waals surface area contributed by atoms with Gasteiger partial charge in [-0.2, -0.15) is 0 Å². The summed E-state index contributed by atoms with van der Waals surface area (Å²) in [4.78, 5) is 15.3. The van der Waals surface area contributed by atoms with Crippen molar-refractivity contribution >= 4 is 21.6 Å². The number of nitrogens with zero attached hydrogens (tertiary/aromatic N) is 1. The van der Waals surface area contributed by atoms with E-state index in [-0.39, 0.29) is 10.8 Å². The molecule has 1 saturated heterocycles. The minimum Gasteiger partial charge on any atom is -0.379 e. The number of rotatable bonds is 8. The second-order valence-electron chi connectivity index (χ2n) is 9.22. The van der Waals surface area contributed by atoms with E-state index >= 15 is 0 Å². The molecule has 0 unspecified atom stereocenters. The lowest BCUT2D eigenvalue weighted by Gasteiger charge is -2.26. The summed E-state index contributed by atoms with van der Waals surface area (Å²) in [5.41, 5.74) is 5.45. The van der Waals surface area contributed by atoms with Gasteiger partial charge in [0, 0.05) is 31.7 Å². The Labute approximate surface area is 213 Å². The highest BCUT2D eigenvalue weighted by atomic mass is 32.2. The third-order valence-electron chi connectivity index (χ3n) is 6.57. The molecule has 8 heteroatoms. The van der Waals surface area contributed by atoms with Crippen LogP contribution >= 0.6 is 0 Å². The lowest BCUT2D eigenvalue weighted by atomic mass is 10.1. The van der Waals surface area contributed by atoms with Crippen molar-refractivity contribution in [3.05, 3.63) is 94.0 Å². The third kappa shape index (κ3) is 6.32.